The maximum Gasteiger partial charge on any atom is 0.123 e. The molecule has 1 aromatic carbocycles. The van der Waals surface area contributed by atoms with Gasteiger partial charge in [-0.1, -0.05) is 11.6 Å². The first-order valence-corrected chi connectivity index (χ1v) is 6.74. The molecule has 0 aromatic heterocycles. The minimum absolute atomic E-state index is 0.186. The molecular formula is C14H19ClFNO. The molecule has 0 radical (unpaired) electrons. The summed E-state index contributed by atoms with van der Waals surface area (Å²) in [6, 6.07) is 4.29. The third kappa shape index (κ3) is 3.22. The van der Waals surface area contributed by atoms with Crippen molar-refractivity contribution < 1.29 is 9.50 Å². The van der Waals surface area contributed by atoms with Gasteiger partial charge in [0.15, 0.2) is 0 Å². The molecule has 0 amide bonds. The first kappa shape index (κ1) is 13.8. The fraction of sp³-hybridized carbons (Fsp3) is 0.571. The lowest BCUT2D eigenvalue weighted by molar-refractivity contribution is -0.0102. The minimum Gasteiger partial charge on any atom is -0.389 e. The van der Waals surface area contributed by atoms with Crippen molar-refractivity contribution in [2.75, 3.05) is 13.1 Å². The van der Waals surface area contributed by atoms with Gasteiger partial charge in [0, 0.05) is 23.9 Å². The maximum atomic E-state index is 13.2. The van der Waals surface area contributed by atoms with Gasteiger partial charge in [0.25, 0.3) is 0 Å². The summed E-state index contributed by atoms with van der Waals surface area (Å²) in [4.78, 5) is 0. The van der Waals surface area contributed by atoms with Gasteiger partial charge in [-0.3, -0.25) is 0 Å². The SMILES string of the molecule is CC(O)(Cc1cc(F)ccc1Cl)C1CCCNC1. The van der Waals surface area contributed by atoms with Crippen molar-refractivity contribution in [2.45, 2.75) is 31.8 Å². The van der Waals surface area contributed by atoms with E-state index < -0.39 is 5.60 Å². The highest BCUT2D eigenvalue weighted by atomic mass is 35.5. The van der Waals surface area contributed by atoms with Crippen LogP contribution in [0.5, 0.6) is 0 Å². The van der Waals surface area contributed by atoms with Gasteiger partial charge in [-0.15, -0.1) is 0 Å². The van der Waals surface area contributed by atoms with Crippen molar-refractivity contribution in [3.05, 3.63) is 34.6 Å². The molecule has 2 nitrogen and oxygen atoms in total. The summed E-state index contributed by atoms with van der Waals surface area (Å²) in [5.74, 6) is -0.127. The standard InChI is InChI=1S/C14H19ClFNO/c1-14(18,11-3-2-6-17-9-11)8-10-7-12(16)4-5-13(10)15/h4-5,7,11,17-18H,2-3,6,8-9H2,1H3. The number of piperidine rings is 1. The summed E-state index contributed by atoms with van der Waals surface area (Å²) in [6.07, 6.45) is 2.45. The molecule has 2 N–H and O–H groups in total. The van der Waals surface area contributed by atoms with E-state index >= 15 is 0 Å². The molecule has 18 heavy (non-hydrogen) atoms. The molecular weight excluding hydrogens is 253 g/mol. The molecule has 0 spiro atoms. The van der Waals surface area contributed by atoms with E-state index in [1.807, 2.05) is 6.92 Å². The molecule has 0 saturated carbocycles. The zero-order valence-corrected chi connectivity index (χ0v) is 11.3. The lowest BCUT2D eigenvalue weighted by Crippen LogP contribution is -2.45. The highest BCUT2D eigenvalue weighted by molar-refractivity contribution is 6.31. The van der Waals surface area contributed by atoms with Gasteiger partial charge in [-0.25, -0.2) is 4.39 Å². The van der Waals surface area contributed by atoms with Crippen LogP contribution in [-0.2, 0) is 6.42 Å². The van der Waals surface area contributed by atoms with E-state index in [1.165, 1.54) is 12.1 Å². The number of nitrogens with one attached hydrogen (secondary N) is 1. The van der Waals surface area contributed by atoms with E-state index in [1.54, 1.807) is 6.07 Å². The van der Waals surface area contributed by atoms with Gasteiger partial charge in [0.1, 0.15) is 5.82 Å². The van der Waals surface area contributed by atoms with Crippen molar-refractivity contribution in [3.63, 3.8) is 0 Å². The fourth-order valence-corrected chi connectivity index (χ4v) is 2.78. The molecule has 1 heterocycles. The molecule has 2 rings (SSSR count). The average Bonchev–Trinajstić information content (AvgIpc) is 2.35. The molecule has 1 fully saturated rings. The number of benzene rings is 1. The Labute approximate surface area is 112 Å². The van der Waals surface area contributed by atoms with Crippen LogP contribution >= 0.6 is 11.6 Å². The third-order valence-corrected chi connectivity index (χ3v) is 4.10. The van der Waals surface area contributed by atoms with Crippen LogP contribution in [0, 0.1) is 11.7 Å². The Balaban J connectivity index is 2.13. The summed E-state index contributed by atoms with van der Waals surface area (Å²) in [5.41, 5.74) is -0.183. The second kappa shape index (κ2) is 5.55. The van der Waals surface area contributed by atoms with Crippen molar-refractivity contribution in [2.24, 2.45) is 5.92 Å². The number of halogens is 2. The van der Waals surface area contributed by atoms with E-state index in [0.29, 0.717) is 17.0 Å². The average molecular weight is 272 g/mol. The smallest absolute Gasteiger partial charge is 0.123 e. The second-order valence-electron chi connectivity index (χ2n) is 5.31. The summed E-state index contributed by atoms with van der Waals surface area (Å²) < 4.78 is 13.2. The predicted octanol–water partition coefficient (Wildman–Crippen LogP) is 2.77. The Morgan fingerprint density at radius 1 is 1.56 bits per heavy atom. The predicted molar refractivity (Wildman–Crippen MR) is 71.3 cm³/mol. The molecule has 4 heteroatoms. The van der Waals surface area contributed by atoms with Crippen molar-refractivity contribution in [1.82, 2.24) is 5.32 Å². The molecule has 1 aliphatic rings. The molecule has 0 bridgehead atoms. The van der Waals surface area contributed by atoms with Crippen LogP contribution in [0.15, 0.2) is 18.2 Å². The minimum atomic E-state index is -0.856. The van der Waals surface area contributed by atoms with Gasteiger partial charge in [0.05, 0.1) is 5.60 Å². The Morgan fingerprint density at radius 3 is 3.00 bits per heavy atom. The van der Waals surface area contributed by atoms with E-state index in [9.17, 15) is 9.50 Å². The lowest BCUT2D eigenvalue weighted by atomic mass is 9.79. The van der Waals surface area contributed by atoms with Gasteiger partial charge in [-0.05, 0) is 50.1 Å². The summed E-state index contributed by atoms with van der Waals surface area (Å²) in [6.45, 7) is 3.62. The number of hydrogen-bond acceptors (Lipinski definition) is 2. The monoisotopic (exact) mass is 271 g/mol. The van der Waals surface area contributed by atoms with Gasteiger partial charge in [0.2, 0.25) is 0 Å². The zero-order chi connectivity index (χ0) is 13.2. The topological polar surface area (TPSA) is 32.3 Å². The molecule has 1 aromatic rings. The molecule has 1 aliphatic heterocycles. The zero-order valence-electron chi connectivity index (χ0n) is 10.5. The Kier molecular flexibility index (Phi) is 4.25. The number of rotatable bonds is 3. The van der Waals surface area contributed by atoms with Crippen LogP contribution < -0.4 is 5.32 Å². The molecule has 0 aliphatic carbocycles. The Bertz CT molecular complexity index is 416. The largest absolute Gasteiger partial charge is 0.389 e. The van der Waals surface area contributed by atoms with Gasteiger partial charge in [-0.2, -0.15) is 0 Å². The first-order chi connectivity index (χ1) is 8.49. The highest BCUT2D eigenvalue weighted by Crippen LogP contribution is 2.30. The third-order valence-electron chi connectivity index (χ3n) is 3.73. The Morgan fingerprint density at radius 2 is 2.33 bits per heavy atom. The summed E-state index contributed by atoms with van der Waals surface area (Å²) in [7, 11) is 0. The van der Waals surface area contributed by atoms with E-state index in [0.717, 1.165) is 25.9 Å². The molecule has 2 atom stereocenters. The maximum absolute atomic E-state index is 13.2. The summed E-state index contributed by atoms with van der Waals surface area (Å²) in [5, 5.41) is 14.4. The molecule has 100 valence electrons. The first-order valence-electron chi connectivity index (χ1n) is 6.36. The Hall–Kier alpha value is -0.640. The van der Waals surface area contributed by atoms with Crippen LogP contribution in [0.3, 0.4) is 0 Å². The van der Waals surface area contributed by atoms with Crippen LogP contribution in [-0.4, -0.2) is 23.8 Å². The van der Waals surface area contributed by atoms with Crippen LogP contribution in [0.25, 0.3) is 0 Å². The van der Waals surface area contributed by atoms with Crippen molar-refractivity contribution in [3.8, 4) is 0 Å². The quantitative estimate of drug-likeness (QED) is 0.886. The normalized spacial score (nSPS) is 23.7. The second-order valence-corrected chi connectivity index (χ2v) is 5.72. The van der Waals surface area contributed by atoms with Crippen LogP contribution in [0.2, 0.25) is 5.02 Å². The highest BCUT2D eigenvalue weighted by Gasteiger charge is 2.33. The fourth-order valence-electron chi connectivity index (χ4n) is 2.59. The number of hydrogen-bond donors (Lipinski definition) is 2. The van der Waals surface area contributed by atoms with Crippen LogP contribution in [0.1, 0.15) is 25.3 Å². The van der Waals surface area contributed by atoms with Crippen molar-refractivity contribution in [1.29, 1.82) is 0 Å². The van der Waals surface area contributed by atoms with E-state index in [4.69, 9.17) is 11.6 Å². The van der Waals surface area contributed by atoms with Gasteiger partial charge < -0.3 is 10.4 Å². The van der Waals surface area contributed by atoms with Crippen LogP contribution in [0.4, 0.5) is 4.39 Å². The van der Waals surface area contributed by atoms with Gasteiger partial charge >= 0.3 is 0 Å². The van der Waals surface area contributed by atoms with E-state index in [2.05, 4.69) is 5.32 Å². The van der Waals surface area contributed by atoms with E-state index in [-0.39, 0.29) is 11.7 Å². The molecule has 2 unspecified atom stereocenters. The lowest BCUT2D eigenvalue weighted by Gasteiger charge is -2.36. The summed E-state index contributed by atoms with van der Waals surface area (Å²) >= 11 is 6.05. The van der Waals surface area contributed by atoms with Crippen molar-refractivity contribution >= 4 is 11.6 Å². The molecule has 1 saturated heterocycles. The number of aliphatic hydroxyl groups is 1.